The summed E-state index contributed by atoms with van der Waals surface area (Å²) < 4.78 is 4.96. The third-order valence-electron chi connectivity index (χ3n) is 1.77. The van der Waals surface area contributed by atoms with Crippen molar-refractivity contribution >= 4 is 5.91 Å². The molecule has 0 radical (unpaired) electrons. The normalized spacial score (nSPS) is 12.9. The quantitative estimate of drug-likeness (QED) is 0.632. The fraction of sp³-hybridized carbons (Fsp3) is 0.900. The molecule has 1 amide bonds. The smallest absolute Gasteiger partial charge is 0.246 e. The third-order valence-corrected chi connectivity index (χ3v) is 1.77. The number of hydrogen-bond donors (Lipinski definition) is 2. The largest absolute Gasteiger partial charge is 0.372 e. The third kappa shape index (κ3) is 8.01. The van der Waals surface area contributed by atoms with Crippen molar-refractivity contribution in [3.05, 3.63) is 0 Å². The Labute approximate surface area is 86.2 Å². The van der Waals surface area contributed by atoms with E-state index in [9.17, 15) is 4.79 Å². The first-order valence-corrected chi connectivity index (χ1v) is 5.16. The van der Waals surface area contributed by atoms with Crippen molar-refractivity contribution in [1.29, 1.82) is 0 Å². The minimum absolute atomic E-state index is 0.0422. The van der Waals surface area contributed by atoms with E-state index in [0.717, 1.165) is 6.42 Å². The van der Waals surface area contributed by atoms with Crippen molar-refractivity contribution in [2.75, 3.05) is 19.8 Å². The molecule has 0 aliphatic rings. The lowest BCUT2D eigenvalue weighted by molar-refractivity contribution is -0.125. The van der Waals surface area contributed by atoms with Gasteiger partial charge in [-0.3, -0.25) is 4.79 Å². The number of rotatable bonds is 7. The molecular formula is C10H22N2O2. The molecule has 0 aliphatic heterocycles. The SMILES string of the molecule is CCOCC(=O)NCC(N)CC(C)C. The molecule has 0 aromatic rings. The van der Waals surface area contributed by atoms with Crippen LogP contribution < -0.4 is 11.1 Å². The molecule has 0 saturated carbocycles. The van der Waals surface area contributed by atoms with Crippen molar-refractivity contribution in [1.82, 2.24) is 5.32 Å². The van der Waals surface area contributed by atoms with Gasteiger partial charge in [0.2, 0.25) is 5.91 Å². The second-order valence-corrected chi connectivity index (χ2v) is 3.83. The van der Waals surface area contributed by atoms with Crippen molar-refractivity contribution in [3.8, 4) is 0 Å². The van der Waals surface area contributed by atoms with Crippen LogP contribution in [0.3, 0.4) is 0 Å². The Morgan fingerprint density at radius 2 is 2.14 bits per heavy atom. The van der Waals surface area contributed by atoms with Crippen molar-refractivity contribution < 1.29 is 9.53 Å². The highest BCUT2D eigenvalue weighted by Crippen LogP contribution is 2.01. The maximum Gasteiger partial charge on any atom is 0.246 e. The van der Waals surface area contributed by atoms with Gasteiger partial charge in [-0.15, -0.1) is 0 Å². The summed E-state index contributed by atoms with van der Waals surface area (Å²) in [4.78, 5) is 11.1. The Hall–Kier alpha value is -0.610. The molecule has 0 heterocycles. The first-order chi connectivity index (χ1) is 6.56. The lowest BCUT2D eigenvalue weighted by Gasteiger charge is -2.14. The molecule has 0 aromatic heterocycles. The van der Waals surface area contributed by atoms with Crippen LogP contribution in [0.25, 0.3) is 0 Å². The van der Waals surface area contributed by atoms with Gasteiger partial charge in [-0.25, -0.2) is 0 Å². The molecule has 0 aromatic carbocycles. The molecule has 84 valence electrons. The molecule has 14 heavy (non-hydrogen) atoms. The van der Waals surface area contributed by atoms with Gasteiger partial charge in [0.1, 0.15) is 6.61 Å². The maximum absolute atomic E-state index is 11.1. The van der Waals surface area contributed by atoms with Crippen LogP contribution in [0.2, 0.25) is 0 Å². The van der Waals surface area contributed by atoms with Gasteiger partial charge in [-0.05, 0) is 19.3 Å². The Kier molecular flexibility index (Phi) is 7.42. The summed E-state index contributed by atoms with van der Waals surface area (Å²) in [5, 5.41) is 2.73. The number of nitrogens with one attached hydrogen (secondary N) is 1. The van der Waals surface area contributed by atoms with Crippen LogP contribution >= 0.6 is 0 Å². The van der Waals surface area contributed by atoms with Gasteiger partial charge in [-0.2, -0.15) is 0 Å². The van der Waals surface area contributed by atoms with Crippen LogP contribution in [0.4, 0.5) is 0 Å². The summed E-state index contributed by atoms with van der Waals surface area (Å²) in [6.45, 7) is 7.31. The summed E-state index contributed by atoms with van der Waals surface area (Å²) in [7, 11) is 0. The van der Waals surface area contributed by atoms with Gasteiger partial charge >= 0.3 is 0 Å². The highest BCUT2D eigenvalue weighted by Gasteiger charge is 2.07. The average molecular weight is 202 g/mol. The summed E-state index contributed by atoms with van der Waals surface area (Å²) in [6.07, 6.45) is 0.926. The molecular weight excluding hydrogens is 180 g/mol. The molecule has 0 rings (SSSR count). The van der Waals surface area contributed by atoms with Gasteiger partial charge in [0.25, 0.3) is 0 Å². The molecule has 0 spiro atoms. The zero-order valence-electron chi connectivity index (χ0n) is 9.38. The van der Waals surface area contributed by atoms with Crippen molar-refractivity contribution in [3.63, 3.8) is 0 Å². The van der Waals surface area contributed by atoms with E-state index < -0.39 is 0 Å². The van der Waals surface area contributed by atoms with Gasteiger partial charge in [0.05, 0.1) is 0 Å². The minimum Gasteiger partial charge on any atom is -0.372 e. The number of ether oxygens (including phenoxy) is 1. The van der Waals surface area contributed by atoms with Gasteiger partial charge in [-0.1, -0.05) is 13.8 Å². The van der Waals surface area contributed by atoms with Gasteiger partial charge < -0.3 is 15.8 Å². The van der Waals surface area contributed by atoms with Crippen LogP contribution in [0, 0.1) is 5.92 Å². The van der Waals surface area contributed by atoms with E-state index >= 15 is 0 Å². The Morgan fingerprint density at radius 1 is 1.50 bits per heavy atom. The number of hydrogen-bond acceptors (Lipinski definition) is 3. The monoisotopic (exact) mass is 202 g/mol. The lowest BCUT2D eigenvalue weighted by Crippen LogP contribution is -2.39. The Morgan fingerprint density at radius 3 is 2.64 bits per heavy atom. The lowest BCUT2D eigenvalue weighted by atomic mass is 10.0. The van der Waals surface area contributed by atoms with Gasteiger partial charge in [0.15, 0.2) is 0 Å². The zero-order valence-corrected chi connectivity index (χ0v) is 9.38. The number of carbonyl (C=O) groups excluding carboxylic acids is 1. The highest BCUT2D eigenvalue weighted by atomic mass is 16.5. The van der Waals surface area contributed by atoms with Crippen LogP contribution in [0.1, 0.15) is 27.2 Å². The van der Waals surface area contributed by atoms with Crippen LogP contribution in [-0.2, 0) is 9.53 Å². The summed E-state index contributed by atoms with van der Waals surface area (Å²) in [5.74, 6) is 0.472. The highest BCUT2D eigenvalue weighted by molar-refractivity contribution is 5.77. The fourth-order valence-corrected chi connectivity index (χ4v) is 1.18. The molecule has 4 heteroatoms. The van der Waals surface area contributed by atoms with Gasteiger partial charge in [0, 0.05) is 19.2 Å². The molecule has 0 aliphatic carbocycles. The second-order valence-electron chi connectivity index (χ2n) is 3.83. The predicted molar refractivity (Wildman–Crippen MR) is 56.9 cm³/mol. The summed E-state index contributed by atoms with van der Waals surface area (Å²) >= 11 is 0. The Bertz CT molecular complexity index is 160. The molecule has 0 saturated heterocycles. The molecule has 1 unspecified atom stereocenters. The molecule has 0 bridgehead atoms. The van der Waals surface area contributed by atoms with E-state index in [-0.39, 0.29) is 18.6 Å². The van der Waals surface area contributed by atoms with Crippen LogP contribution in [0.15, 0.2) is 0 Å². The molecule has 0 fully saturated rings. The van der Waals surface area contributed by atoms with Crippen LogP contribution in [0.5, 0.6) is 0 Å². The summed E-state index contributed by atoms with van der Waals surface area (Å²) in [6, 6.07) is 0.0422. The fourth-order valence-electron chi connectivity index (χ4n) is 1.18. The average Bonchev–Trinajstić information content (AvgIpc) is 2.10. The number of amides is 1. The van der Waals surface area contributed by atoms with E-state index in [2.05, 4.69) is 19.2 Å². The summed E-state index contributed by atoms with van der Waals surface area (Å²) in [5.41, 5.74) is 5.80. The first kappa shape index (κ1) is 13.4. The number of nitrogens with two attached hydrogens (primary N) is 1. The second kappa shape index (κ2) is 7.76. The first-order valence-electron chi connectivity index (χ1n) is 5.16. The topological polar surface area (TPSA) is 64.3 Å². The van der Waals surface area contributed by atoms with E-state index in [0.29, 0.717) is 19.1 Å². The zero-order chi connectivity index (χ0) is 11.0. The molecule has 4 nitrogen and oxygen atoms in total. The van der Waals surface area contributed by atoms with Crippen LogP contribution in [-0.4, -0.2) is 31.7 Å². The van der Waals surface area contributed by atoms with E-state index in [4.69, 9.17) is 10.5 Å². The Balaban J connectivity index is 3.45. The van der Waals surface area contributed by atoms with Crippen molar-refractivity contribution in [2.24, 2.45) is 11.7 Å². The van der Waals surface area contributed by atoms with E-state index in [1.165, 1.54) is 0 Å². The van der Waals surface area contributed by atoms with E-state index in [1.54, 1.807) is 0 Å². The predicted octanol–water partition coefficient (Wildman–Crippen LogP) is 0.513. The minimum atomic E-state index is -0.0916. The number of carbonyl (C=O) groups is 1. The van der Waals surface area contributed by atoms with E-state index in [1.807, 2.05) is 6.92 Å². The molecule has 1 atom stereocenters. The maximum atomic E-state index is 11.1. The molecule has 3 N–H and O–H groups in total. The van der Waals surface area contributed by atoms with Crippen molar-refractivity contribution in [2.45, 2.75) is 33.2 Å². The standard InChI is InChI=1S/C10H22N2O2/c1-4-14-7-10(13)12-6-9(11)5-8(2)3/h8-9H,4-7,11H2,1-3H3,(H,12,13).